The molecule has 0 fully saturated rings. The summed E-state index contributed by atoms with van der Waals surface area (Å²) in [6.07, 6.45) is 3.01. The molecule has 0 aromatic heterocycles. The second-order valence-corrected chi connectivity index (χ2v) is 5.75. The van der Waals surface area contributed by atoms with E-state index in [2.05, 4.69) is 0 Å². The Kier molecular flexibility index (Phi) is 5.46. The van der Waals surface area contributed by atoms with Gasteiger partial charge in [0, 0.05) is 11.1 Å². The van der Waals surface area contributed by atoms with Crippen molar-refractivity contribution >= 4 is 23.6 Å². The SMILES string of the molecule is COc1cc(/C=C/C(=O)OCc2ccc(Cl)cc2)cc2c1OCCO2. The lowest BCUT2D eigenvalue weighted by atomic mass is 10.1. The van der Waals surface area contributed by atoms with Crippen LogP contribution in [0, 0.1) is 0 Å². The van der Waals surface area contributed by atoms with Crippen molar-refractivity contribution in [3.8, 4) is 17.2 Å². The monoisotopic (exact) mass is 360 g/mol. The second-order valence-electron chi connectivity index (χ2n) is 5.31. The van der Waals surface area contributed by atoms with Crippen LogP contribution in [0.15, 0.2) is 42.5 Å². The molecule has 0 spiro atoms. The van der Waals surface area contributed by atoms with Gasteiger partial charge in [-0.1, -0.05) is 23.7 Å². The summed E-state index contributed by atoms with van der Waals surface area (Å²) in [5.74, 6) is 1.30. The maximum Gasteiger partial charge on any atom is 0.331 e. The van der Waals surface area contributed by atoms with Gasteiger partial charge in [0.2, 0.25) is 5.75 Å². The molecular weight excluding hydrogens is 344 g/mol. The van der Waals surface area contributed by atoms with E-state index in [1.165, 1.54) is 6.08 Å². The number of hydrogen-bond donors (Lipinski definition) is 0. The van der Waals surface area contributed by atoms with Crippen molar-refractivity contribution in [1.29, 1.82) is 0 Å². The maximum atomic E-state index is 11.9. The summed E-state index contributed by atoms with van der Waals surface area (Å²) in [5, 5.41) is 0.641. The highest BCUT2D eigenvalue weighted by atomic mass is 35.5. The first-order chi connectivity index (χ1) is 12.2. The van der Waals surface area contributed by atoms with Gasteiger partial charge in [0.05, 0.1) is 7.11 Å². The number of halogens is 1. The van der Waals surface area contributed by atoms with Gasteiger partial charge < -0.3 is 18.9 Å². The van der Waals surface area contributed by atoms with E-state index in [1.54, 1.807) is 37.5 Å². The van der Waals surface area contributed by atoms with E-state index in [0.29, 0.717) is 35.5 Å². The van der Waals surface area contributed by atoms with Gasteiger partial charge >= 0.3 is 5.97 Å². The molecule has 0 unspecified atom stereocenters. The van der Waals surface area contributed by atoms with Crippen LogP contribution in [0.5, 0.6) is 17.2 Å². The molecule has 2 aromatic carbocycles. The molecule has 0 saturated carbocycles. The average molecular weight is 361 g/mol. The highest BCUT2D eigenvalue weighted by Gasteiger charge is 2.17. The fraction of sp³-hybridized carbons (Fsp3) is 0.211. The molecular formula is C19H17ClO5. The van der Waals surface area contributed by atoms with Gasteiger partial charge in [0.1, 0.15) is 19.8 Å². The molecule has 0 amide bonds. The fourth-order valence-corrected chi connectivity index (χ4v) is 2.46. The lowest BCUT2D eigenvalue weighted by Crippen LogP contribution is -2.16. The quantitative estimate of drug-likeness (QED) is 0.598. The van der Waals surface area contributed by atoms with Crippen LogP contribution in [0.3, 0.4) is 0 Å². The Morgan fingerprint density at radius 2 is 1.96 bits per heavy atom. The molecule has 1 aliphatic heterocycles. The smallest absolute Gasteiger partial charge is 0.331 e. The molecule has 0 atom stereocenters. The van der Waals surface area contributed by atoms with E-state index in [1.807, 2.05) is 12.1 Å². The number of ether oxygens (including phenoxy) is 4. The Bertz CT molecular complexity index is 766. The van der Waals surface area contributed by atoms with E-state index in [4.69, 9.17) is 30.5 Å². The number of methoxy groups -OCH3 is 1. The molecule has 0 radical (unpaired) electrons. The zero-order chi connectivity index (χ0) is 17.6. The molecule has 25 heavy (non-hydrogen) atoms. The fourth-order valence-electron chi connectivity index (χ4n) is 2.34. The van der Waals surface area contributed by atoms with Gasteiger partial charge in [-0.15, -0.1) is 0 Å². The third-order valence-corrected chi connectivity index (χ3v) is 3.81. The molecule has 0 N–H and O–H groups in total. The molecule has 6 heteroatoms. The molecule has 3 rings (SSSR count). The first kappa shape index (κ1) is 17.2. The standard InChI is InChI=1S/C19H17ClO5/c1-22-16-10-14(11-17-19(16)24-9-8-23-17)4-7-18(21)25-12-13-2-5-15(20)6-3-13/h2-7,10-11H,8-9,12H2,1H3/b7-4+. The number of benzene rings is 2. The molecule has 130 valence electrons. The summed E-state index contributed by atoms with van der Waals surface area (Å²) >= 11 is 5.82. The largest absolute Gasteiger partial charge is 0.493 e. The van der Waals surface area contributed by atoms with E-state index in [9.17, 15) is 4.79 Å². The van der Waals surface area contributed by atoms with Crippen LogP contribution in [0.4, 0.5) is 0 Å². The summed E-state index contributed by atoms with van der Waals surface area (Å²) in [5.41, 5.74) is 1.62. The van der Waals surface area contributed by atoms with Crippen LogP contribution < -0.4 is 14.2 Å². The number of carbonyl (C=O) groups excluding carboxylic acids is 1. The normalized spacial score (nSPS) is 12.9. The number of hydrogen-bond acceptors (Lipinski definition) is 5. The van der Waals surface area contributed by atoms with E-state index in [0.717, 1.165) is 11.1 Å². The van der Waals surface area contributed by atoms with Crippen LogP contribution in [0.25, 0.3) is 6.08 Å². The highest BCUT2D eigenvalue weighted by Crippen LogP contribution is 2.40. The third kappa shape index (κ3) is 4.45. The summed E-state index contributed by atoms with van der Waals surface area (Å²) < 4.78 is 21.6. The molecule has 0 bridgehead atoms. The summed E-state index contributed by atoms with van der Waals surface area (Å²) in [6.45, 7) is 1.15. The predicted octanol–water partition coefficient (Wildman–Crippen LogP) is 3.88. The van der Waals surface area contributed by atoms with Gasteiger partial charge in [0.25, 0.3) is 0 Å². The minimum Gasteiger partial charge on any atom is -0.493 e. The van der Waals surface area contributed by atoms with E-state index >= 15 is 0 Å². The number of carbonyl (C=O) groups is 1. The number of fused-ring (bicyclic) bond motifs is 1. The van der Waals surface area contributed by atoms with Gasteiger partial charge in [0.15, 0.2) is 11.5 Å². The average Bonchev–Trinajstić information content (AvgIpc) is 2.65. The zero-order valence-electron chi connectivity index (χ0n) is 13.7. The van der Waals surface area contributed by atoms with E-state index in [-0.39, 0.29) is 6.61 Å². The highest BCUT2D eigenvalue weighted by molar-refractivity contribution is 6.30. The molecule has 5 nitrogen and oxygen atoms in total. The minimum atomic E-state index is -0.441. The molecule has 1 aliphatic rings. The summed E-state index contributed by atoms with van der Waals surface area (Å²) in [4.78, 5) is 11.9. The van der Waals surface area contributed by atoms with Crippen LogP contribution >= 0.6 is 11.6 Å². The van der Waals surface area contributed by atoms with Crippen molar-refractivity contribution in [2.45, 2.75) is 6.61 Å². The van der Waals surface area contributed by atoms with Crippen LogP contribution in [-0.2, 0) is 16.1 Å². The first-order valence-corrected chi connectivity index (χ1v) is 8.10. The summed E-state index contributed by atoms with van der Waals surface area (Å²) in [7, 11) is 1.56. The van der Waals surface area contributed by atoms with Gasteiger partial charge in [-0.3, -0.25) is 0 Å². The van der Waals surface area contributed by atoms with Crippen molar-refractivity contribution in [3.05, 3.63) is 58.6 Å². The zero-order valence-corrected chi connectivity index (χ0v) is 14.4. The Morgan fingerprint density at radius 3 is 2.72 bits per heavy atom. The van der Waals surface area contributed by atoms with Crippen molar-refractivity contribution in [3.63, 3.8) is 0 Å². The van der Waals surface area contributed by atoms with Crippen molar-refractivity contribution in [1.82, 2.24) is 0 Å². The van der Waals surface area contributed by atoms with Crippen LogP contribution in [0.1, 0.15) is 11.1 Å². The molecule has 1 heterocycles. The maximum absolute atomic E-state index is 11.9. The lowest BCUT2D eigenvalue weighted by molar-refractivity contribution is -0.138. The Morgan fingerprint density at radius 1 is 1.20 bits per heavy atom. The summed E-state index contributed by atoms with van der Waals surface area (Å²) in [6, 6.07) is 10.7. The molecule has 0 saturated heterocycles. The van der Waals surface area contributed by atoms with Crippen molar-refractivity contribution in [2.75, 3.05) is 20.3 Å². The Balaban J connectivity index is 1.64. The van der Waals surface area contributed by atoms with Gasteiger partial charge in [-0.05, 0) is 41.5 Å². The first-order valence-electron chi connectivity index (χ1n) is 7.72. The number of esters is 1. The van der Waals surface area contributed by atoms with Crippen LogP contribution in [0.2, 0.25) is 5.02 Å². The van der Waals surface area contributed by atoms with Crippen molar-refractivity contribution in [2.24, 2.45) is 0 Å². The second kappa shape index (κ2) is 7.94. The Labute approximate surface area is 150 Å². The predicted molar refractivity (Wildman–Crippen MR) is 94.3 cm³/mol. The van der Waals surface area contributed by atoms with E-state index < -0.39 is 5.97 Å². The molecule has 0 aliphatic carbocycles. The number of rotatable bonds is 5. The van der Waals surface area contributed by atoms with Gasteiger partial charge in [-0.2, -0.15) is 0 Å². The van der Waals surface area contributed by atoms with Crippen molar-refractivity contribution < 1.29 is 23.7 Å². The third-order valence-electron chi connectivity index (χ3n) is 3.56. The Hall–Kier alpha value is -2.66. The van der Waals surface area contributed by atoms with Gasteiger partial charge in [-0.25, -0.2) is 4.79 Å². The molecule has 2 aromatic rings. The minimum absolute atomic E-state index is 0.185. The topological polar surface area (TPSA) is 54.0 Å². The lowest BCUT2D eigenvalue weighted by Gasteiger charge is -2.20. The van der Waals surface area contributed by atoms with Crippen LogP contribution in [-0.4, -0.2) is 26.3 Å².